The van der Waals surface area contributed by atoms with E-state index >= 15 is 0 Å². The van der Waals surface area contributed by atoms with Crippen molar-refractivity contribution < 1.29 is 9.53 Å². The van der Waals surface area contributed by atoms with Crippen LogP contribution in [0.4, 0.5) is 0 Å². The van der Waals surface area contributed by atoms with Gasteiger partial charge in [-0.15, -0.1) is 0 Å². The van der Waals surface area contributed by atoms with Gasteiger partial charge in [-0.3, -0.25) is 4.79 Å². The Hall–Kier alpha value is -0.530. The molecule has 1 atom stereocenters. The van der Waals surface area contributed by atoms with Crippen LogP contribution < -0.4 is 0 Å². The fourth-order valence-corrected chi connectivity index (χ4v) is 4.05. The highest BCUT2D eigenvalue weighted by molar-refractivity contribution is 5.72. The van der Waals surface area contributed by atoms with Gasteiger partial charge in [0.1, 0.15) is 5.60 Å². The van der Waals surface area contributed by atoms with E-state index in [0.717, 1.165) is 25.7 Å². The molecular formula is C18H32O2. The predicted molar refractivity (Wildman–Crippen MR) is 82.6 cm³/mol. The lowest BCUT2D eigenvalue weighted by Gasteiger charge is -2.47. The Morgan fingerprint density at radius 2 is 1.60 bits per heavy atom. The van der Waals surface area contributed by atoms with Gasteiger partial charge in [0, 0.05) is 0 Å². The van der Waals surface area contributed by atoms with E-state index in [1.807, 2.05) is 6.92 Å². The summed E-state index contributed by atoms with van der Waals surface area (Å²) in [7, 11) is 0. The summed E-state index contributed by atoms with van der Waals surface area (Å²) in [4.78, 5) is 12.2. The second kappa shape index (κ2) is 6.49. The molecular weight excluding hydrogens is 248 g/mol. The van der Waals surface area contributed by atoms with Gasteiger partial charge in [-0.1, -0.05) is 40.0 Å². The van der Waals surface area contributed by atoms with Crippen LogP contribution in [0.2, 0.25) is 0 Å². The molecule has 0 bridgehead atoms. The van der Waals surface area contributed by atoms with Gasteiger partial charge in [-0.25, -0.2) is 0 Å². The van der Waals surface area contributed by atoms with E-state index < -0.39 is 0 Å². The molecule has 2 aliphatic rings. The minimum Gasteiger partial charge on any atom is -0.459 e. The van der Waals surface area contributed by atoms with Crippen LogP contribution in [0, 0.1) is 11.3 Å². The number of esters is 1. The standard InChI is InChI=1S/C18H32O2/c1-4-15(3)16(19)20-18(5-2)13-11-17(12-14-18)9-7-6-8-10-17/h15H,4-14H2,1-3H3. The Morgan fingerprint density at radius 3 is 2.10 bits per heavy atom. The van der Waals surface area contributed by atoms with E-state index in [1.54, 1.807) is 0 Å². The van der Waals surface area contributed by atoms with Crippen molar-refractivity contribution in [3.63, 3.8) is 0 Å². The lowest BCUT2D eigenvalue weighted by atomic mass is 9.61. The average molecular weight is 280 g/mol. The molecule has 2 heteroatoms. The van der Waals surface area contributed by atoms with E-state index in [0.29, 0.717) is 5.41 Å². The zero-order chi connectivity index (χ0) is 14.6. The summed E-state index contributed by atoms with van der Waals surface area (Å²) in [6.07, 6.45) is 13.6. The van der Waals surface area contributed by atoms with Crippen molar-refractivity contribution >= 4 is 5.97 Å². The third kappa shape index (κ3) is 3.38. The monoisotopic (exact) mass is 280 g/mol. The summed E-state index contributed by atoms with van der Waals surface area (Å²) in [5.74, 6) is 0.0675. The smallest absolute Gasteiger partial charge is 0.309 e. The molecule has 0 saturated heterocycles. The highest BCUT2D eigenvalue weighted by Gasteiger charge is 2.44. The number of carbonyl (C=O) groups excluding carboxylic acids is 1. The fraction of sp³-hybridized carbons (Fsp3) is 0.944. The normalized spacial score (nSPS) is 26.1. The number of hydrogen-bond donors (Lipinski definition) is 0. The van der Waals surface area contributed by atoms with Crippen LogP contribution >= 0.6 is 0 Å². The van der Waals surface area contributed by atoms with Crippen LogP contribution in [-0.4, -0.2) is 11.6 Å². The van der Waals surface area contributed by atoms with Gasteiger partial charge in [0.25, 0.3) is 0 Å². The lowest BCUT2D eigenvalue weighted by molar-refractivity contribution is -0.172. The molecule has 2 saturated carbocycles. The first-order valence-corrected chi connectivity index (χ1v) is 8.78. The third-order valence-electron chi connectivity index (χ3n) is 6.11. The zero-order valence-electron chi connectivity index (χ0n) is 13.7. The van der Waals surface area contributed by atoms with E-state index in [-0.39, 0.29) is 17.5 Å². The summed E-state index contributed by atoms with van der Waals surface area (Å²) < 4.78 is 5.98. The summed E-state index contributed by atoms with van der Waals surface area (Å²) in [5, 5.41) is 0. The van der Waals surface area contributed by atoms with Crippen molar-refractivity contribution in [2.45, 2.75) is 97.0 Å². The van der Waals surface area contributed by atoms with E-state index in [9.17, 15) is 4.79 Å². The Bertz CT molecular complexity index is 318. The first kappa shape index (κ1) is 15.9. The van der Waals surface area contributed by atoms with E-state index in [1.165, 1.54) is 44.9 Å². The Balaban J connectivity index is 1.95. The van der Waals surface area contributed by atoms with Crippen molar-refractivity contribution in [3.8, 4) is 0 Å². The number of rotatable bonds is 4. The van der Waals surface area contributed by atoms with Crippen LogP contribution in [0.3, 0.4) is 0 Å². The second-order valence-corrected chi connectivity index (χ2v) is 7.33. The molecule has 0 N–H and O–H groups in total. The van der Waals surface area contributed by atoms with Gasteiger partial charge in [0.2, 0.25) is 0 Å². The van der Waals surface area contributed by atoms with Gasteiger partial charge >= 0.3 is 5.97 Å². The van der Waals surface area contributed by atoms with Crippen LogP contribution in [0.15, 0.2) is 0 Å². The second-order valence-electron chi connectivity index (χ2n) is 7.33. The van der Waals surface area contributed by atoms with Gasteiger partial charge in [0.05, 0.1) is 5.92 Å². The Kier molecular flexibility index (Phi) is 5.14. The third-order valence-corrected chi connectivity index (χ3v) is 6.11. The average Bonchev–Trinajstić information content (AvgIpc) is 2.50. The summed E-state index contributed by atoms with van der Waals surface area (Å²) in [6.45, 7) is 6.22. The van der Waals surface area contributed by atoms with Crippen LogP contribution in [0.1, 0.15) is 91.4 Å². The first-order valence-electron chi connectivity index (χ1n) is 8.78. The van der Waals surface area contributed by atoms with Gasteiger partial charge in [-0.2, -0.15) is 0 Å². The van der Waals surface area contributed by atoms with Crippen molar-refractivity contribution in [2.75, 3.05) is 0 Å². The van der Waals surface area contributed by atoms with Gasteiger partial charge < -0.3 is 4.74 Å². The summed E-state index contributed by atoms with van der Waals surface area (Å²) in [6, 6.07) is 0. The van der Waals surface area contributed by atoms with Crippen molar-refractivity contribution in [1.82, 2.24) is 0 Å². The molecule has 0 aromatic heterocycles. The molecule has 0 heterocycles. The molecule has 0 radical (unpaired) electrons. The predicted octanol–water partition coefficient (Wildman–Crippen LogP) is 5.25. The Labute approximate surface area is 124 Å². The summed E-state index contributed by atoms with van der Waals surface area (Å²) in [5.41, 5.74) is 0.447. The minimum atomic E-state index is -0.150. The Morgan fingerprint density at radius 1 is 1.00 bits per heavy atom. The lowest BCUT2D eigenvalue weighted by Crippen LogP contribution is -2.43. The number of carbonyl (C=O) groups is 1. The number of hydrogen-bond acceptors (Lipinski definition) is 2. The quantitative estimate of drug-likeness (QED) is 0.657. The molecule has 0 aliphatic heterocycles. The molecule has 1 unspecified atom stereocenters. The highest BCUT2D eigenvalue weighted by Crippen LogP contribution is 2.51. The molecule has 0 aromatic carbocycles. The van der Waals surface area contributed by atoms with E-state index in [2.05, 4.69) is 13.8 Å². The maximum atomic E-state index is 12.2. The molecule has 2 rings (SSSR count). The van der Waals surface area contributed by atoms with Gasteiger partial charge in [-0.05, 0) is 56.8 Å². The largest absolute Gasteiger partial charge is 0.459 e. The molecule has 116 valence electrons. The number of ether oxygens (including phenoxy) is 1. The van der Waals surface area contributed by atoms with Crippen LogP contribution in [0.25, 0.3) is 0 Å². The SMILES string of the molecule is CCC(C)C(=O)OC1(CC)CCC2(CCCCC2)CC1. The topological polar surface area (TPSA) is 26.3 Å². The summed E-state index contributed by atoms with van der Waals surface area (Å²) >= 11 is 0. The molecule has 1 spiro atoms. The maximum absolute atomic E-state index is 12.2. The van der Waals surface area contributed by atoms with Crippen molar-refractivity contribution in [1.29, 1.82) is 0 Å². The van der Waals surface area contributed by atoms with Crippen molar-refractivity contribution in [3.05, 3.63) is 0 Å². The highest BCUT2D eigenvalue weighted by atomic mass is 16.6. The fourth-order valence-electron chi connectivity index (χ4n) is 4.05. The van der Waals surface area contributed by atoms with Crippen LogP contribution in [0.5, 0.6) is 0 Å². The van der Waals surface area contributed by atoms with Crippen LogP contribution in [-0.2, 0) is 9.53 Å². The van der Waals surface area contributed by atoms with Gasteiger partial charge in [0.15, 0.2) is 0 Å². The molecule has 20 heavy (non-hydrogen) atoms. The maximum Gasteiger partial charge on any atom is 0.309 e. The first-order chi connectivity index (χ1) is 9.55. The molecule has 2 nitrogen and oxygen atoms in total. The minimum absolute atomic E-state index is 0.0222. The zero-order valence-corrected chi connectivity index (χ0v) is 13.7. The van der Waals surface area contributed by atoms with Crippen molar-refractivity contribution in [2.24, 2.45) is 11.3 Å². The molecule has 0 aromatic rings. The molecule has 2 fully saturated rings. The van der Waals surface area contributed by atoms with E-state index in [4.69, 9.17) is 4.74 Å². The molecule has 2 aliphatic carbocycles. The molecule has 0 amide bonds.